The molecule has 1 aromatic rings. The minimum absolute atomic E-state index is 0.164. The molecule has 2 fully saturated rings. The van der Waals surface area contributed by atoms with E-state index in [4.69, 9.17) is 5.73 Å². The van der Waals surface area contributed by atoms with Crippen LogP contribution in [0, 0.1) is 0 Å². The highest BCUT2D eigenvalue weighted by atomic mass is 79.9. The van der Waals surface area contributed by atoms with Gasteiger partial charge in [-0.3, -0.25) is 0 Å². The standard InChI is InChI=1S/C10H12BrNS/c11-8-2-1-7(13-8)9(3-4-9)10(12)5-6-10/h1-2H,3-6,12H2. The van der Waals surface area contributed by atoms with Crippen LogP contribution in [0.2, 0.25) is 0 Å². The molecule has 2 aliphatic carbocycles. The smallest absolute Gasteiger partial charge is 0.0701 e. The third kappa shape index (κ3) is 1.07. The molecule has 0 unspecified atom stereocenters. The SMILES string of the molecule is NC1(C2(c3ccc(Br)s3)CC2)CC1. The van der Waals surface area contributed by atoms with Gasteiger partial charge in [0.15, 0.2) is 0 Å². The Labute approximate surface area is 90.5 Å². The maximum absolute atomic E-state index is 6.32. The van der Waals surface area contributed by atoms with Crippen molar-refractivity contribution in [3.63, 3.8) is 0 Å². The first-order valence-corrected chi connectivity index (χ1v) is 6.32. The van der Waals surface area contributed by atoms with Gasteiger partial charge >= 0.3 is 0 Å². The number of hydrogen-bond donors (Lipinski definition) is 1. The van der Waals surface area contributed by atoms with E-state index in [0.717, 1.165) is 0 Å². The first-order valence-electron chi connectivity index (χ1n) is 4.71. The Morgan fingerprint density at radius 3 is 2.31 bits per heavy atom. The Morgan fingerprint density at radius 1 is 1.23 bits per heavy atom. The number of rotatable bonds is 2. The Hall–Kier alpha value is 0.140. The summed E-state index contributed by atoms with van der Waals surface area (Å²) in [5.74, 6) is 0. The molecule has 70 valence electrons. The van der Waals surface area contributed by atoms with Crippen molar-refractivity contribution in [1.29, 1.82) is 0 Å². The molecule has 0 aromatic carbocycles. The second kappa shape index (κ2) is 2.38. The second-order valence-electron chi connectivity index (χ2n) is 4.34. The minimum atomic E-state index is 0.164. The molecule has 1 heterocycles. The van der Waals surface area contributed by atoms with Gasteiger partial charge in [-0.05, 0) is 53.7 Å². The molecule has 0 amide bonds. The van der Waals surface area contributed by atoms with Crippen LogP contribution in [0.4, 0.5) is 0 Å². The number of halogens is 1. The Balaban J connectivity index is 2.00. The minimum Gasteiger partial charge on any atom is -0.324 e. The lowest BCUT2D eigenvalue weighted by Crippen LogP contribution is -2.36. The first kappa shape index (κ1) is 8.45. The predicted octanol–water partition coefficient (Wildman–Crippen LogP) is 3.03. The molecule has 0 aliphatic heterocycles. The molecule has 2 N–H and O–H groups in total. The van der Waals surface area contributed by atoms with Crippen LogP contribution in [-0.2, 0) is 5.41 Å². The summed E-state index contributed by atoms with van der Waals surface area (Å²) in [4.78, 5) is 1.50. The van der Waals surface area contributed by atoms with Crippen LogP contribution in [0.5, 0.6) is 0 Å². The van der Waals surface area contributed by atoms with E-state index in [0.29, 0.717) is 5.41 Å². The summed E-state index contributed by atoms with van der Waals surface area (Å²) in [5, 5.41) is 0. The normalized spacial score (nSPS) is 27.2. The highest BCUT2D eigenvalue weighted by molar-refractivity contribution is 9.11. The first-order chi connectivity index (χ1) is 6.16. The monoisotopic (exact) mass is 257 g/mol. The van der Waals surface area contributed by atoms with Gasteiger partial charge in [-0.25, -0.2) is 0 Å². The van der Waals surface area contributed by atoms with Gasteiger partial charge in [-0.2, -0.15) is 0 Å². The lowest BCUT2D eigenvalue weighted by atomic mass is 9.93. The predicted molar refractivity (Wildman–Crippen MR) is 59.1 cm³/mol. The lowest BCUT2D eigenvalue weighted by molar-refractivity contribution is 0.511. The van der Waals surface area contributed by atoms with Gasteiger partial charge in [0.25, 0.3) is 0 Å². The summed E-state index contributed by atoms with van der Waals surface area (Å²) in [5.41, 5.74) is 6.86. The van der Waals surface area contributed by atoms with Crippen LogP contribution in [0.3, 0.4) is 0 Å². The number of hydrogen-bond acceptors (Lipinski definition) is 2. The van der Waals surface area contributed by atoms with Crippen molar-refractivity contribution in [2.24, 2.45) is 5.73 Å². The van der Waals surface area contributed by atoms with Crippen LogP contribution in [0.25, 0.3) is 0 Å². The zero-order valence-corrected chi connectivity index (χ0v) is 9.75. The summed E-state index contributed by atoms with van der Waals surface area (Å²) >= 11 is 5.38. The third-order valence-corrected chi connectivity index (χ3v) is 5.36. The second-order valence-corrected chi connectivity index (χ2v) is 6.81. The van der Waals surface area contributed by atoms with E-state index >= 15 is 0 Å². The van der Waals surface area contributed by atoms with Crippen molar-refractivity contribution in [2.45, 2.75) is 36.6 Å². The van der Waals surface area contributed by atoms with Crippen molar-refractivity contribution in [3.8, 4) is 0 Å². The van der Waals surface area contributed by atoms with Crippen molar-refractivity contribution >= 4 is 27.3 Å². The molecule has 13 heavy (non-hydrogen) atoms. The van der Waals surface area contributed by atoms with Gasteiger partial charge in [-0.1, -0.05) is 0 Å². The van der Waals surface area contributed by atoms with Crippen molar-refractivity contribution < 1.29 is 0 Å². The topological polar surface area (TPSA) is 26.0 Å². The fourth-order valence-corrected chi connectivity index (χ4v) is 4.04. The Bertz CT molecular complexity index is 350. The molecule has 3 heteroatoms. The van der Waals surface area contributed by atoms with Crippen LogP contribution in [-0.4, -0.2) is 5.54 Å². The lowest BCUT2D eigenvalue weighted by Gasteiger charge is -2.20. The van der Waals surface area contributed by atoms with Gasteiger partial charge in [0.2, 0.25) is 0 Å². The van der Waals surface area contributed by atoms with E-state index < -0.39 is 0 Å². The summed E-state index contributed by atoms with van der Waals surface area (Å²) in [6.07, 6.45) is 5.05. The molecule has 0 atom stereocenters. The van der Waals surface area contributed by atoms with Crippen LogP contribution >= 0.6 is 27.3 Å². The van der Waals surface area contributed by atoms with Crippen LogP contribution in [0.15, 0.2) is 15.9 Å². The maximum Gasteiger partial charge on any atom is 0.0701 e. The van der Waals surface area contributed by atoms with Gasteiger partial charge < -0.3 is 5.73 Å². The molecule has 1 aromatic heterocycles. The van der Waals surface area contributed by atoms with E-state index in [1.807, 2.05) is 11.3 Å². The number of nitrogens with two attached hydrogens (primary N) is 1. The van der Waals surface area contributed by atoms with E-state index in [2.05, 4.69) is 28.1 Å². The summed E-state index contributed by atoms with van der Waals surface area (Å²) in [6, 6.07) is 4.39. The van der Waals surface area contributed by atoms with Crippen molar-refractivity contribution in [3.05, 3.63) is 20.8 Å². The molecule has 3 rings (SSSR count). The molecule has 2 aliphatic rings. The number of thiophene rings is 1. The molecule has 2 saturated carbocycles. The Morgan fingerprint density at radius 2 is 1.92 bits per heavy atom. The van der Waals surface area contributed by atoms with E-state index in [9.17, 15) is 0 Å². The van der Waals surface area contributed by atoms with Gasteiger partial charge in [0.05, 0.1) is 3.79 Å². The third-order valence-electron chi connectivity index (χ3n) is 3.54. The van der Waals surface area contributed by atoms with E-state index in [1.54, 1.807) is 0 Å². The maximum atomic E-state index is 6.32. The van der Waals surface area contributed by atoms with Crippen molar-refractivity contribution in [2.75, 3.05) is 0 Å². The van der Waals surface area contributed by atoms with Gasteiger partial charge in [-0.15, -0.1) is 11.3 Å². The molecule has 0 spiro atoms. The highest BCUT2D eigenvalue weighted by Crippen LogP contribution is 2.64. The van der Waals surface area contributed by atoms with Gasteiger partial charge in [0, 0.05) is 15.8 Å². The molecule has 1 nitrogen and oxygen atoms in total. The largest absolute Gasteiger partial charge is 0.324 e. The zero-order valence-electron chi connectivity index (χ0n) is 7.35. The fourth-order valence-electron chi connectivity index (χ4n) is 2.30. The van der Waals surface area contributed by atoms with Crippen LogP contribution in [0.1, 0.15) is 30.6 Å². The fraction of sp³-hybridized carbons (Fsp3) is 0.600. The van der Waals surface area contributed by atoms with Crippen LogP contribution < -0.4 is 5.73 Å². The summed E-state index contributed by atoms with van der Waals surface area (Å²) < 4.78 is 1.23. The average Bonchev–Trinajstić information content (AvgIpc) is 2.97. The van der Waals surface area contributed by atoms with Crippen molar-refractivity contribution in [1.82, 2.24) is 0 Å². The Kier molecular flexibility index (Phi) is 1.55. The van der Waals surface area contributed by atoms with E-state index in [-0.39, 0.29) is 5.54 Å². The zero-order chi connectivity index (χ0) is 9.10. The summed E-state index contributed by atoms with van der Waals surface area (Å²) in [6.45, 7) is 0. The van der Waals surface area contributed by atoms with Gasteiger partial charge in [0.1, 0.15) is 0 Å². The quantitative estimate of drug-likeness (QED) is 0.866. The molecule has 0 saturated heterocycles. The molecule has 0 radical (unpaired) electrons. The van der Waals surface area contributed by atoms with E-state index in [1.165, 1.54) is 34.3 Å². The average molecular weight is 258 g/mol. The molecular weight excluding hydrogens is 246 g/mol. The molecule has 0 bridgehead atoms. The summed E-state index contributed by atoms with van der Waals surface area (Å²) in [7, 11) is 0. The molecular formula is C10H12BrNS. The highest BCUT2D eigenvalue weighted by Gasteiger charge is 2.64.